The molecule has 7 heteroatoms. The van der Waals surface area contributed by atoms with Crippen LogP contribution in [0.25, 0.3) is 0 Å². The lowest BCUT2D eigenvalue weighted by Gasteiger charge is -2.18. The van der Waals surface area contributed by atoms with E-state index in [1.165, 1.54) is 6.21 Å². The lowest BCUT2D eigenvalue weighted by atomic mass is 9.85. The Labute approximate surface area is 172 Å². The lowest BCUT2D eigenvalue weighted by Crippen LogP contribution is -2.28. The minimum atomic E-state index is -0.257. The van der Waals surface area contributed by atoms with Crippen molar-refractivity contribution >= 4 is 34.0 Å². The normalized spacial score (nSPS) is 29.1. The number of carbonyl (C=O) groups excluding carboxylic acids is 2. The first-order valence-corrected chi connectivity index (χ1v) is 10.4. The van der Waals surface area contributed by atoms with E-state index in [0.717, 1.165) is 22.3 Å². The Kier molecular flexibility index (Phi) is 5.04. The minimum absolute atomic E-state index is 0.0154. The Morgan fingerprint density at radius 1 is 1.25 bits per heavy atom. The summed E-state index contributed by atoms with van der Waals surface area (Å²) in [5.74, 6) is 0.534. The molecule has 2 aliphatic carbocycles. The van der Waals surface area contributed by atoms with Crippen LogP contribution in [0.1, 0.15) is 32.3 Å². The second-order valence-corrected chi connectivity index (χ2v) is 8.51. The number of benzene rings is 1. The molecule has 0 spiro atoms. The Hall–Kier alpha value is -2.15. The number of hydrogen-bond acceptors (Lipinski definition) is 5. The van der Waals surface area contributed by atoms with Gasteiger partial charge in [-0.25, -0.2) is 0 Å². The Bertz CT molecular complexity index is 851. The van der Waals surface area contributed by atoms with Crippen molar-refractivity contribution in [2.24, 2.45) is 28.8 Å². The molecule has 0 radical (unpaired) electrons. The average molecular weight is 447 g/mol. The van der Waals surface area contributed by atoms with E-state index in [1.807, 2.05) is 26.0 Å². The zero-order chi connectivity index (χ0) is 20.0. The van der Waals surface area contributed by atoms with Crippen LogP contribution in [-0.2, 0) is 9.59 Å². The number of allylic oxidation sites excluding steroid dienone is 2. The summed E-state index contributed by atoms with van der Waals surface area (Å²) in [4.78, 5) is 25.6. The highest BCUT2D eigenvalue weighted by Gasteiger charge is 2.59. The highest BCUT2D eigenvalue weighted by atomic mass is 79.9. The fourth-order valence-corrected chi connectivity index (χ4v) is 4.82. The van der Waals surface area contributed by atoms with Crippen molar-refractivity contribution in [2.75, 3.05) is 7.11 Å². The van der Waals surface area contributed by atoms with E-state index < -0.39 is 0 Å². The van der Waals surface area contributed by atoms with Gasteiger partial charge in [0.05, 0.1) is 31.3 Å². The van der Waals surface area contributed by atoms with Crippen LogP contribution in [-0.4, -0.2) is 36.3 Å². The number of ether oxygens (including phenoxy) is 2. The van der Waals surface area contributed by atoms with Crippen LogP contribution < -0.4 is 9.47 Å². The van der Waals surface area contributed by atoms with E-state index in [9.17, 15) is 9.59 Å². The molecule has 5 atom stereocenters. The molecular formula is C21H23BrN2O4. The van der Waals surface area contributed by atoms with Crippen LogP contribution in [0.15, 0.2) is 33.9 Å². The number of methoxy groups -OCH3 is 1. The SMILES string of the molecule is CCC(C)Oc1c(C=NN2C(=O)C3C4C=CC(C4)C3C2=O)cc(Br)cc1OC. The summed E-state index contributed by atoms with van der Waals surface area (Å²) in [5.41, 5.74) is 0.644. The number of hydrogen-bond donors (Lipinski definition) is 0. The third kappa shape index (κ3) is 3.05. The molecule has 1 aromatic carbocycles. The molecule has 148 valence electrons. The van der Waals surface area contributed by atoms with Crippen LogP contribution in [0.3, 0.4) is 0 Å². The molecule has 2 fully saturated rings. The first kappa shape index (κ1) is 19.2. The van der Waals surface area contributed by atoms with Crippen molar-refractivity contribution in [2.45, 2.75) is 32.8 Å². The third-order valence-corrected chi connectivity index (χ3v) is 6.38. The Morgan fingerprint density at radius 2 is 1.89 bits per heavy atom. The second kappa shape index (κ2) is 7.35. The largest absolute Gasteiger partial charge is 0.493 e. The highest BCUT2D eigenvalue weighted by molar-refractivity contribution is 9.10. The predicted octanol–water partition coefficient (Wildman–Crippen LogP) is 3.78. The number of imide groups is 1. The standard InChI is InChI=1S/C21H23BrN2O4/c1-4-11(2)28-19-14(8-15(22)9-16(19)27-3)10-23-24-20(25)17-12-5-6-13(7-12)18(17)21(24)26/h5-6,8-13,17-18H,4,7H2,1-3H3. The zero-order valence-electron chi connectivity index (χ0n) is 16.1. The van der Waals surface area contributed by atoms with Gasteiger partial charge in [0.15, 0.2) is 11.5 Å². The molecule has 0 aromatic heterocycles. The number of rotatable bonds is 6. The van der Waals surface area contributed by atoms with Crippen molar-refractivity contribution in [3.05, 3.63) is 34.3 Å². The van der Waals surface area contributed by atoms with Crippen LogP contribution in [0.5, 0.6) is 11.5 Å². The van der Waals surface area contributed by atoms with Gasteiger partial charge in [-0.1, -0.05) is 35.0 Å². The lowest BCUT2D eigenvalue weighted by molar-refractivity contribution is -0.140. The summed E-state index contributed by atoms with van der Waals surface area (Å²) < 4.78 is 12.3. The first-order chi connectivity index (χ1) is 13.4. The van der Waals surface area contributed by atoms with Gasteiger partial charge in [0, 0.05) is 10.0 Å². The van der Waals surface area contributed by atoms with Crippen LogP contribution in [0, 0.1) is 23.7 Å². The van der Waals surface area contributed by atoms with E-state index in [-0.39, 0.29) is 41.6 Å². The molecule has 4 rings (SSSR count). The molecule has 1 saturated carbocycles. The smallest absolute Gasteiger partial charge is 0.254 e. The van der Waals surface area contributed by atoms with Crippen molar-refractivity contribution in [3.8, 4) is 11.5 Å². The van der Waals surface area contributed by atoms with Crippen LogP contribution >= 0.6 is 15.9 Å². The zero-order valence-corrected chi connectivity index (χ0v) is 17.7. The van der Waals surface area contributed by atoms with Crippen molar-refractivity contribution in [3.63, 3.8) is 0 Å². The fourth-order valence-electron chi connectivity index (χ4n) is 4.37. The highest BCUT2D eigenvalue weighted by Crippen LogP contribution is 2.52. The van der Waals surface area contributed by atoms with E-state index in [0.29, 0.717) is 17.1 Å². The maximum absolute atomic E-state index is 12.8. The van der Waals surface area contributed by atoms with Crippen molar-refractivity contribution in [1.82, 2.24) is 5.01 Å². The summed E-state index contributed by atoms with van der Waals surface area (Å²) >= 11 is 3.46. The average Bonchev–Trinajstić information content (AvgIpc) is 3.36. The van der Waals surface area contributed by atoms with E-state index >= 15 is 0 Å². The fraction of sp³-hybridized carbons (Fsp3) is 0.476. The topological polar surface area (TPSA) is 68.2 Å². The Balaban J connectivity index is 1.64. The first-order valence-electron chi connectivity index (χ1n) is 9.58. The second-order valence-electron chi connectivity index (χ2n) is 7.60. The monoisotopic (exact) mass is 446 g/mol. The molecule has 2 amide bonds. The van der Waals surface area contributed by atoms with E-state index in [1.54, 1.807) is 7.11 Å². The number of carbonyl (C=O) groups is 2. The molecule has 2 bridgehead atoms. The molecule has 28 heavy (non-hydrogen) atoms. The molecule has 0 N–H and O–H groups in total. The van der Waals surface area contributed by atoms with Crippen molar-refractivity contribution in [1.29, 1.82) is 0 Å². The van der Waals surface area contributed by atoms with Gasteiger partial charge in [-0.3, -0.25) is 9.59 Å². The number of halogens is 1. The van der Waals surface area contributed by atoms with Gasteiger partial charge in [0.1, 0.15) is 0 Å². The molecule has 1 aliphatic heterocycles. The Morgan fingerprint density at radius 3 is 2.46 bits per heavy atom. The van der Waals surface area contributed by atoms with Crippen LogP contribution in [0.4, 0.5) is 0 Å². The van der Waals surface area contributed by atoms with Gasteiger partial charge in [-0.15, -0.1) is 0 Å². The summed E-state index contributed by atoms with van der Waals surface area (Å²) in [5, 5.41) is 5.31. The van der Waals surface area contributed by atoms with Crippen molar-refractivity contribution < 1.29 is 19.1 Å². The number of hydrazone groups is 1. The molecule has 6 nitrogen and oxygen atoms in total. The van der Waals surface area contributed by atoms with Gasteiger partial charge in [-0.05, 0) is 43.7 Å². The quantitative estimate of drug-likeness (QED) is 0.378. The summed E-state index contributed by atoms with van der Waals surface area (Å²) in [6, 6.07) is 3.65. The van der Waals surface area contributed by atoms with Crippen LogP contribution in [0.2, 0.25) is 0 Å². The molecule has 1 saturated heterocycles. The molecule has 5 unspecified atom stereocenters. The number of nitrogens with zero attached hydrogens (tertiary/aromatic N) is 2. The van der Waals surface area contributed by atoms with Gasteiger partial charge in [0.2, 0.25) is 0 Å². The summed E-state index contributed by atoms with van der Waals surface area (Å²) in [7, 11) is 1.57. The number of amides is 2. The predicted molar refractivity (Wildman–Crippen MR) is 108 cm³/mol. The maximum Gasteiger partial charge on any atom is 0.254 e. The third-order valence-electron chi connectivity index (χ3n) is 5.92. The molecule has 1 aromatic rings. The molecule has 1 heterocycles. The van der Waals surface area contributed by atoms with Gasteiger partial charge in [0.25, 0.3) is 11.8 Å². The number of fused-ring (bicyclic) bond motifs is 5. The van der Waals surface area contributed by atoms with Gasteiger partial charge >= 0.3 is 0 Å². The summed E-state index contributed by atoms with van der Waals surface area (Å²) in [6.45, 7) is 4.01. The molecular weight excluding hydrogens is 424 g/mol. The maximum atomic E-state index is 12.8. The minimum Gasteiger partial charge on any atom is -0.493 e. The summed E-state index contributed by atoms with van der Waals surface area (Å²) in [6.07, 6.45) is 7.37. The molecule has 3 aliphatic rings. The van der Waals surface area contributed by atoms with E-state index in [2.05, 4.69) is 33.2 Å². The van der Waals surface area contributed by atoms with Gasteiger partial charge < -0.3 is 9.47 Å². The van der Waals surface area contributed by atoms with Gasteiger partial charge in [-0.2, -0.15) is 10.1 Å². The van der Waals surface area contributed by atoms with E-state index in [4.69, 9.17) is 9.47 Å².